The number of hydrogen-bond acceptors (Lipinski definition) is 6. The Morgan fingerprint density at radius 3 is 1.98 bits per heavy atom. The zero-order valence-electron chi connectivity index (χ0n) is 35.0. The van der Waals surface area contributed by atoms with E-state index in [2.05, 4.69) is 60.1 Å². The maximum Gasteiger partial charge on any atom is 0.711 e. The summed E-state index contributed by atoms with van der Waals surface area (Å²) in [6.07, 6.45) is 31.6. The number of hydrogen-bond donors (Lipinski definition) is 0. The van der Waals surface area contributed by atoms with Gasteiger partial charge in [0.2, 0.25) is 0 Å². The molecule has 0 saturated heterocycles. The summed E-state index contributed by atoms with van der Waals surface area (Å²) in [6, 6.07) is 29.6. The highest BCUT2D eigenvalue weighted by molar-refractivity contribution is 6.50. The molecule has 4 aliphatic carbocycles. The third-order valence-corrected chi connectivity index (χ3v) is 12.9. The second-order valence-corrected chi connectivity index (χ2v) is 16.5. The molecule has 7 nitrogen and oxygen atoms in total. The van der Waals surface area contributed by atoms with Gasteiger partial charge in [0.1, 0.15) is 29.4 Å². The standard InChI is InChI=1S/C54H43BF2N7/c1-2-36-15-3-4-16-39(36)54-46-34-38(63(52-21-9-13-31-60-52)53-22-10-14-32-61-53)24-26-43(46)49-35-45-41-25-23-37(62(50-19-7-11-29-58-50)51-20-8-12-30-59-51)33-44(41)40(42-17-5-6-18-48(42)56)27-28-47(45)55(57)64(49)54/h2-14,16-22,24,26-36,42,47-48H,1,15,23,25H2/q+1. The van der Waals surface area contributed by atoms with Crippen molar-refractivity contribution in [2.45, 2.75) is 31.3 Å². The molecule has 11 rings (SSSR count). The van der Waals surface area contributed by atoms with Gasteiger partial charge >= 0.3 is 7.12 Å². The number of halogens is 2. The van der Waals surface area contributed by atoms with E-state index in [1.165, 1.54) is 0 Å². The van der Waals surface area contributed by atoms with Gasteiger partial charge in [0.25, 0.3) is 0 Å². The van der Waals surface area contributed by atoms with Crippen LogP contribution in [0.1, 0.15) is 30.4 Å². The largest absolute Gasteiger partial charge is 0.711 e. The van der Waals surface area contributed by atoms with Crippen molar-refractivity contribution in [3.8, 4) is 0 Å². The maximum atomic E-state index is 18.4. The van der Waals surface area contributed by atoms with E-state index in [1.54, 1.807) is 36.9 Å². The van der Waals surface area contributed by atoms with Crippen molar-refractivity contribution in [1.29, 1.82) is 0 Å². The zero-order chi connectivity index (χ0) is 43.1. The van der Waals surface area contributed by atoms with Crippen molar-refractivity contribution in [1.82, 2.24) is 19.9 Å². The fourth-order valence-corrected chi connectivity index (χ4v) is 9.96. The van der Waals surface area contributed by atoms with Crippen molar-refractivity contribution >= 4 is 47.5 Å². The van der Waals surface area contributed by atoms with E-state index in [0.29, 0.717) is 24.5 Å². The predicted molar refractivity (Wildman–Crippen MR) is 253 cm³/mol. The Morgan fingerprint density at radius 1 is 0.703 bits per heavy atom. The number of aromatic nitrogens is 4. The van der Waals surface area contributed by atoms with E-state index < -0.39 is 25.0 Å². The quantitative estimate of drug-likeness (QED) is 0.109. The molecule has 4 atom stereocenters. The molecule has 2 aliphatic heterocycles. The minimum absolute atomic E-state index is 0.0225. The molecule has 0 fully saturated rings. The number of alkyl halides is 1. The van der Waals surface area contributed by atoms with Crippen LogP contribution in [0, 0.1) is 11.8 Å². The summed E-state index contributed by atoms with van der Waals surface area (Å²) in [5, 5.41) is 0. The lowest BCUT2D eigenvalue weighted by Gasteiger charge is -2.32. The topological polar surface area (TPSA) is 61.1 Å². The third-order valence-electron chi connectivity index (χ3n) is 12.9. The lowest BCUT2D eigenvalue weighted by Crippen LogP contribution is -2.37. The third kappa shape index (κ3) is 6.77. The number of fused-ring (bicyclic) bond motifs is 5. The van der Waals surface area contributed by atoms with Crippen LogP contribution in [0.4, 0.5) is 37.7 Å². The fourth-order valence-electron chi connectivity index (χ4n) is 9.96. The van der Waals surface area contributed by atoms with Crippen LogP contribution in [0.15, 0.2) is 229 Å². The van der Waals surface area contributed by atoms with Crippen molar-refractivity contribution in [3.05, 3.63) is 240 Å². The maximum absolute atomic E-state index is 18.4. The van der Waals surface area contributed by atoms with E-state index in [-0.39, 0.29) is 5.92 Å². The minimum atomic E-state index is -1.47. The summed E-state index contributed by atoms with van der Waals surface area (Å²) >= 11 is 0. The van der Waals surface area contributed by atoms with Crippen LogP contribution in [0.25, 0.3) is 5.70 Å². The molecule has 6 heterocycles. The molecule has 6 aliphatic rings. The lowest BCUT2D eigenvalue weighted by molar-refractivity contribution is -0.287. The number of pyridine rings is 4. The SMILES string of the molecule is C=CC1CC=CC=C1C1=[N+]2B(F)C3C=CC(C4C=CC=CC4F)=C4C=C(N(c5ccccn5)c5ccccn5)CCC4=C3C=C2c2ccc(N(c3ccccn3)c3ccccn3)cc21. The molecular weight excluding hydrogens is 795 g/mol. The highest BCUT2D eigenvalue weighted by Gasteiger charge is 2.55. The molecule has 10 heteroatoms. The average molecular weight is 839 g/mol. The summed E-state index contributed by atoms with van der Waals surface area (Å²) in [6.45, 7) is 4.23. The zero-order valence-corrected chi connectivity index (χ0v) is 35.0. The van der Waals surface area contributed by atoms with Gasteiger partial charge in [0.05, 0.1) is 16.9 Å². The minimum Gasteiger partial charge on any atom is -0.283 e. The molecule has 4 aromatic heterocycles. The lowest BCUT2D eigenvalue weighted by atomic mass is 9.61. The van der Waals surface area contributed by atoms with Crippen LogP contribution in [0.5, 0.6) is 0 Å². The molecule has 0 radical (unpaired) electrons. The van der Waals surface area contributed by atoms with E-state index in [9.17, 15) is 0 Å². The first-order chi connectivity index (χ1) is 31.6. The molecular formula is C54H43BF2N7+. The summed E-state index contributed by atoms with van der Waals surface area (Å²) in [5.74, 6) is 1.67. The Labute approximate surface area is 372 Å². The molecule has 1 aromatic carbocycles. The second-order valence-electron chi connectivity index (χ2n) is 16.5. The van der Waals surface area contributed by atoms with Crippen LogP contribution in [0.3, 0.4) is 0 Å². The van der Waals surface area contributed by atoms with Crippen molar-refractivity contribution in [2.24, 2.45) is 11.8 Å². The van der Waals surface area contributed by atoms with Gasteiger partial charge in [-0.05, 0) is 120 Å². The van der Waals surface area contributed by atoms with Crippen molar-refractivity contribution in [3.63, 3.8) is 0 Å². The Hall–Kier alpha value is -7.59. The molecule has 5 aromatic rings. The molecule has 310 valence electrons. The average Bonchev–Trinajstić information content (AvgIpc) is 3.58. The van der Waals surface area contributed by atoms with Crippen molar-refractivity contribution < 1.29 is 13.2 Å². The van der Waals surface area contributed by atoms with Gasteiger partial charge in [-0.2, -0.15) is 0 Å². The van der Waals surface area contributed by atoms with Crippen LogP contribution < -0.4 is 9.80 Å². The molecule has 4 unspecified atom stereocenters. The molecule has 0 saturated carbocycles. The highest BCUT2D eigenvalue weighted by atomic mass is 19.1. The number of allylic oxidation sites excluding steroid dienone is 18. The highest BCUT2D eigenvalue weighted by Crippen LogP contribution is 2.51. The van der Waals surface area contributed by atoms with Crippen LogP contribution in [-0.4, -0.2) is 43.4 Å². The molecule has 64 heavy (non-hydrogen) atoms. The first-order valence-electron chi connectivity index (χ1n) is 21.8. The van der Waals surface area contributed by atoms with E-state index in [1.807, 2.05) is 113 Å². The van der Waals surface area contributed by atoms with Gasteiger partial charge < -0.3 is 0 Å². The Bertz CT molecular complexity index is 2910. The summed E-state index contributed by atoms with van der Waals surface area (Å²) in [5.41, 5.74) is 9.94. The number of anilines is 5. The predicted octanol–water partition coefficient (Wildman–Crippen LogP) is 12.2. The Kier molecular flexibility index (Phi) is 10.2. The monoisotopic (exact) mass is 838 g/mol. The van der Waals surface area contributed by atoms with Gasteiger partial charge in [0.15, 0.2) is 11.4 Å². The van der Waals surface area contributed by atoms with Crippen LogP contribution in [-0.2, 0) is 0 Å². The van der Waals surface area contributed by atoms with E-state index in [4.69, 9.17) is 19.9 Å². The Balaban J connectivity index is 1.13. The van der Waals surface area contributed by atoms with Gasteiger partial charge in [-0.1, -0.05) is 78.9 Å². The van der Waals surface area contributed by atoms with Gasteiger partial charge in [0, 0.05) is 59.7 Å². The number of nitrogens with zero attached hydrogens (tertiary/aromatic N) is 7. The first kappa shape index (κ1) is 39.3. The number of benzene rings is 1. The van der Waals surface area contributed by atoms with Crippen LogP contribution in [0.2, 0.25) is 5.82 Å². The normalized spacial score (nSPS) is 21.9. The van der Waals surface area contributed by atoms with E-state index in [0.717, 1.165) is 79.8 Å². The fraction of sp³-hybridized carbons (Fsp3) is 0.130. The van der Waals surface area contributed by atoms with Gasteiger partial charge in [-0.25, -0.2) is 33.1 Å². The van der Waals surface area contributed by atoms with Gasteiger partial charge in [-0.15, -0.1) is 6.58 Å². The van der Waals surface area contributed by atoms with E-state index >= 15 is 8.71 Å². The molecule has 0 amide bonds. The van der Waals surface area contributed by atoms with Crippen LogP contribution >= 0.6 is 0 Å². The van der Waals surface area contributed by atoms with Gasteiger partial charge in [-0.3, -0.25) is 9.80 Å². The summed E-state index contributed by atoms with van der Waals surface area (Å²) in [7, 11) is -1.47. The smallest absolute Gasteiger partial charge is 0.283 e. The molecule has 0 spiro atoms. The first-order valence-corrected chi connectivity index (χ1v) is 21.8. The molecule has 0 N–H and O–H groups in total. The molecule has 0 bridgehead atoms. The second kappa shape index (κ2) is 16.6. The number of rotatable bonds is 9. The Morgan fingerprint density at radius 2 is 1.36 bits per heavy atom. The van der Waals surface area contributed by atoms with Crippen molar-refractivity contribution in [2.75, 3.05) is 9.80 Å². The summed E-state index contributed by atoms with van der Waals surface area (Å²) < 4.78 is 36.5. The summed E-state index contributed by atoms with van der Waals surface area (Å²) in [4.78, 5) is 23.1.